The Kier molecular flexibility index (Phi) is 6.66. The quantitative estimate of drug-likeness (QED) is 0.561. The predicted molar refractivity (Wildman–Crippen MR) is 138 cm³/mol. The van der Waals surface area contributed by atoms with Gasteiger partial charge in [-0.15, -0.1) is 0 Å². The zero-order valence-electron chi connectivity index (χ0n) is 21.5. The zero-order chi connectivity index (χ0) is 28.1. The number of ether oxygens (including phenoxy) is 1. The van der Waals surface area contributed by atoms with Crippen molar-refractivity contribution in [1.29, 1.82) is 0 Å². The van der Waals surface area contributed by atoms with E-state index in [1.54, 1.807) is 18.2 Å². The van der Waals surface area contributed by atoms with Crippen molar-refractivity contribution in [3.8, 4) is 0 Å². The molecule has 2 amide bonds. The summed E-state index contributed by atoms with van der Waals surface area (Å²) in [6.07, 6.45) is 4.15. The fourth-order valence-electron chi connectivity index (χ4n) is 4.95. The summed E-state index contributed by atoms with van der Waals surface area (Å²) < 4.78 is 39.3. The molecule has 3 heterocycles. The van der Waals surface area contributed by atoms with Crippen molar-refractivity contribution in [1.82, 2.24) is 19.2 Å². The smallest absolute Gasteiger partial charge is 0.414 e. The number of anilines is 2. The molecule has 3 aliphatic rings. The third kappa shape index (κ3) is 4.99. The molecule has 2 aromatic rings. The molecule has 0 radical (unpaired) electrons. The Morgan fingerprint density at radius 1 is 1.10 bits per heavy atom. The molecule has 1 fully saturated rings. The maximum atomic E-state index is 15.3. The number of carbonyl (C=O) groups is 2. The van der Waals surface area contributed by atoms with Crippen LogP contribution in [0.15, 0.2) is 39.9 Å². The maximum absolute atomic E-state index is 15.3. The van der Waals surface area contributed by atoms with Gasteiger partial charge in [0, 0.05) is 37.7 Å². The van der Waals surface area contributed by atoms with Crippen molar-refractivity contribution in [2.45, 2.75) is 45.0 Å². The van der Waals surface area contributed by atoms with Crippen LogP contribution in [0.5, 0.6) is 0 Å². The molecule has 1 aromatic heterocycles. The first-order valence-electron chi connectivity index (χ1n) is 12.5. The van der Waals surface area contributed by atoms with Gasteiger partial charge in [-0.05, 0) is 19.4 Å². The summed E-state index contributed by atoms with van der Waals surface area (Å²) >= 11 is 0. The predicted octanol–water partition coefficient (Wildman–Crippen LogP) is 0.589. The first-order valence-corrected chi connectivity index (χ1v) is 12.5. The number of amides is 2. The van der Waals surface area contributed by atoms with Crippen LogP contribution in [-0.4, -0.2) is 63.8 Å². The average molecular weight is 546 g/mol. The van der Waals surface area contributed by atoms with E-state index >= 15 is 8.78 Å². The fraction of sp³-hybridized carbons (Fsp3) is 0.440. The molecule has 0 spiro atoms. The highest BCUT2D eigenvalue weighted by Crippen LogP contribution is 2.31. The molecule has 3 N–H and O–H groups in total. The molecule has 2 aliphatic heterocycles. The zero-order valence-corrected chi connectivity index (χ0v) is 21.5. The number of rotatable bonds is 5. The lowest BCUT2D eigenvalue weighted by Gasteiger charge is -2.24. The van der Waals surface area contributed by atoms with Crippen molar-refractivity contribution in [3.63, 3.8) is 0 Å². The minimum atomic E-state index is -0.901. The molecule has 208 valence electrons. The molecule has 5 rings (SSSR count). The van der Waals surface area contributed by atoms with E-state index in [0.29, 0.717) is 12.1 Å². The van der Waals surface area contributed by atoms with Crippen LogP contribution in [0.1, 0.15) is 20.3 Å². The van der Waals surface area contributed by atoms with Gasteiger partial charge in [0.05, 0.1) is 37.6 Å². The highest BCUT2D eigenvalue weighted by Gasteiger charge is 2.34. The number of carbonyl (C=O) groups excluding carboxylic acids is 2. The first-order chi connectivity index (χ1) is 18.4. The second-order valence-corrected chi connectivity index (χ2v) is 10.1. The Bertz CT molecular complexity index is 1460. The van der Waals surface area contributed by atoms with Gasteiger partial charge in [-0.3, -0.25) is 9.69 Å². The number of hydrogen-bond donors (Lipinski definition) is 2. The van der Waals surface area contributed by atoms with Crippen LogP contribution in [-0.2, 0) is 22.6 Å². The maximum Gasteiger partial charge on any atom is 0.414 e. The Hall–Kier alpha value is -4.20. The Morgan fingerprint density at radius 3 is 2.26 bits per heavy atom. The van der Waals surface area contributed by atoms with Gasteiger partial charge in [0.1, 0.15) is 11.8 Å². The highest BCUT2D eigenvalue weighted by atomic mass is 19.1. The number of nitrogens with one attached hydrogen (secondary N) is 1. The molecule has 1 aliphatic carbocycles. The van der Waals surface area contributed by atoms with Crippen LogP contribution in [0, 0.1) is 11.6 Å². The number of allylic oxidation sites excluding steroid dienone is 2. The Morgan fingerprint density at radius 2 is 1.72 bits per heavy atom. The fourth-order valence-corrected chi connectivity index (χ4v) is 4.95. The molecule has 1 saturated heterocycles. The summed E-state index contributed by atoms with van der Waals surface area (Å²) in [6, 6.07) is 2.08. The van der Waals surface area contributed by atoms with Crippen molar-refractivity contribution in [2.24, 2.45) is 5.73 Å². The van der Waals surface area contributed by atoms with Crippen LogP contribution in [0.25, 0.3) is 5.70 Å². The molecule has 0 bridgehead atoms. The van der Waals surface area contributed by atoms with Gasteiger partial charge in [-0.25, -0.2) is 37.1 Å². The van der Waals surface area contributed by atoms with Crippen LogP contribution in [0.2, 0.25) is 0 Å². The van der Waals surface area contributed by atoms with E-state index in [9.17, 15) is 19.2 Å². The van der Waals surface area contributed by atoms with E-state index in [4.69, 9.17) is 10.5 Å². The van der Waals surface area contributed by atoms with Gasteiger partial charge in [0.2, 0.25) is 5.91 Å². The van der Waals surface area contributed by atoms with E-state index in [2.05, 4.69) is 5.32 Å². The van der Waals surface area contributed by atoms with Gasteiger partial charge < -0.3 is 20.7 Å². The van der Waals surface area contributed by atoms with Gasteiger partial charge in [0.15, 0.2) is 11.6 Å². The highest BCUT2D eigenvalue weighted by molar-refractivity contribution is 5.90. The Labute approximate surface area is 221 Å². The first kappa shape index (κ1) is 26.4. The van der Waals surface area contributed by atoms with E-state index in [1.807, 2.05) is 6.92 Å². The monoisotopic (exact) mass is 545 g/mol. The summed E-state index contributed by atoms with van der Waals surface area (Å²) in [5, 5.41) is 2.54. The lowest BCUT2D eigenvalue weighted by Crippen LogP contribution is -2.37. The summed E-state index contributed by atoms with van der Waals surface area (Å²) in [6.45, 7) is 3.44. The van der Waals surface area contributed by atoms with Crippen molar-refractivity contribution >= 4 is 29.1 Å². The number of halogens is 2. The van der Waals surface area contributed by atoms with Crippen molar-refractivity contribution < 1.29 is 23.1 Å². The van der Waals surface area contributed by atoms with Gasteiger partial charge in [-0.2, -0.15) is 0 Å². The largest absolute Gasteiger partial charge is 0.442 e. The molecule has 1 aromatic carbocycles. The molecular formula is C25H29F2N7O5. The van der Waals surface area contributed by atoms with E-state index < -0.39 is 40.8 Å². The summed E-state index contributed by atoms with van der Waals surface area (Å²) in [7, 11) is 0. The number of cyclic esters (lactones) is 1. The summed E-state index contributed by atoms with van der Waals surface area (Å²) in [5.74, 6) is -2.10. The minimum absolute atomic E-state index is 0.0157. The van der Waals surface area contributed by atoms with E-state index in [-0.39, 0.29) is 56.6 Å². The van der Waals surface area contributed by atoms with Gasteiger partial charge >= 0.3 is 17.5 Å². The molecule has 39 heavy (non-hydrogen) atoms. The lowest BCUT2D eigenvalue weighted by atomic mass is 9.94. The minimum Gasteiger partial charge on any atom is -0.442 e. The molecule has 12 nitrogen and oxygen atoms in total. The number of hydrogen-bond acceptors (Lipinski definition) is 7. The number of aromatic nitrogens is 3. The van der Waals surface area contributed by atoms with Crippen LogP contribution in [0.3, 0.4) is 0 Å². The summed E-state index contributed by atoms with van der Waals surface area (Å²) in [4.78, 5) is 52.2. The van der Waals surface area contributed by atoms with Crippen molar-refractivity contribution in [2.75, 3.05) is 36.0 Å². The van der Waals surface area contributed by atoms with Crippen LogP contribution >= 0.6 is 0 Å². The second kappa shape index (κ2) is 9.84. The lowest BCUT2D eigenvalue weighted by molar-refractivity contribution is -0.119. The average Bonchev–Trinajstić information content (AvgIpc) is 3.24. The SMILES string of the molecule is CC(=O)NC[C@H]1CN(c2cc(F)c(N3CCn4c(=O)n(C5=CCC(C)(N)C=C5)c(=O)n4CC3)c(F)c2)C(=O)O1. The number of nitrogens with zero attached hydrogens (tertiary/aromatic N) is 5. The third-order valence-electron chi connectivity index (χ3n) is 7.01. The normalized spacial score (nSPS) is 22.8. The molecule has 14 heteroatoms. The standard InChI is InChI=1S/C25H29F2N7O5/c1-15(35)29-13-18-14-31(24(38)39-18)17-11-19(26)21(20(27)12-17)30-7-9-32-22(36)34(23(37)33(32)10-8-30)16-3-5-25(2,28)6-4-16/h3-5,11-12,18H,6-10,13-14,28H2,1-2H3,(H,29,35)/t18-,25?/m0/s1. The van der Waals surface area contributed by atoms with Gasteiger partial charge in [-0.1, -0.05) is 12.2 Å². The van der Waals surface area contributed by atoms with E-state index in [0.717, 1.165) is 21.6 Å². The number of fused-ring (bicyclic) bond motifs is 1. The number of benzene rings is 1. The van der Waals surface area contributed by atoms with Crippen LogP contribution in [0.4, 0.5) is 25.0 Å². The Balaban J connectivity index is 1.35. The summed E-state index contributed by atoms with van der Waals surface area (Å²) in [5.41, 5.74) is 4.52. The number of nitrogens with two attached hydrogens (primary N) is 1. The second-order valence-electron chi connectivity index (χ2n) is 10.1. The molecule has 1 unspecified atom stereocenters. The molecule has 2 atom stereocenters. The van der Waals surface area contributed by atoms with E-state index in [1.165, 1.54) is 21.2 Å². The molecular weight excluding hydrogens is 516 g/mol. The molecule has 0 saturated carbocycles. The van der Waals surface area contributed by atoms with Crippen molar-refractivity contribution in [3.05, 3.63) is 63.0 Å². The van der Waals surface area contributed by atoms with Crippen LogP contribution < -0.4 is 32.2 Å². The third-order valence-corrected chi connectivity index (χ3v) is 7.01. The van der Waals surface area contributed by atoms with Gasteiger partial charge in [0.25, 0.3) is 0 Å². The topological polar surface area (TPSA) is 137 Å².